The molecule has 0 aliphatic heterocycles. The Morgan fingerprint density at radius 3 is 2.08 bits per heavy atom. The van der Waals surface area contributed by atoms with Gasteiger partial charge in [-0.25, -0.2) is 4.79 Å². The van der Waals surface area contributed by atoms with Gasteiger partial charge >= 0.3 is 5.97 Å². The molecular formula is C9H19NO3. The second kappa shape index (κ2) is 4.07. The molecule has 4 nitrogen and oxygen atoms in total. The first-order chi connectivity index (χ1) is 5.79. The minimum Gasteiger partial charge on any atom is -0.375 e. The van der Waals surface area contributed by atoms with Crippen LogP contribution in [0.1, 0.15) is 34.6 Å². The summed E-state index contributed by atoms with van der Waals surface area (Å²) in [4.78, 5) is 15.6. The molecule has 2 N–H and O–H groups in total. The van der Waals surface area contributed by atoms with E-state index < -0.39 is 17.0 Å². The highest BCUT2D eigenvalue weighted by Gasteiger charge is 2.45. The second-order valence-electron chi connectivity index (χ2n) is 3.97. The van der Waals surface area contributed by atoms with E-state index in [1.54, 1.807) is 13.8 Å². The van der Waals surface area contributed by atoms with Crippen molar-refractivity contribution in [1.82, 2.24) is 0 Å². The third kappa shape index (κ3) is 2.42. The number of nitrogens with two attached hydrogens (primary N) is 1. The number of carbonyl (C=O) groups excluding carboxylic acids is 1. The fourth-order valence-corrected chi connectivity index (χ4v) is 0.934. The average molecular weight is 189 g/mol. The van der Waals surface area contributed by atoms with Crippen molar-refractivity contribution in [2.45, 2.75) is 40.2 Å². The number of carbonyl (C=O) groups is 1. The van der Waals surface area contributed by atoms with Crippen LogP contribution in [0.15, 0.2) is 0 Å². The van der Waals surface area contributed by atoms with Crippen molar-refractivity contribution in [3.8, 4) is 0 Å². The molecule has 13 heavy (non-hydrogen) atoms. The standard InChI is InChI=1S/C9H19NO3/c1-6-12-9(4,5)8(2,3)7(11)13-10/h6,10H2,1-5H3. The molecule has 0 heterocycles. The maximum Gasteiger partial charge on any atom is 0.332 e. The summed E-state index contributed by atoms with van der Waals surface area (Å²) in [5.41, 5.74) is -1.34. The smallest absolute Gasteiger partial charge is 0.332 e. The largest absolute Gasteiger partial charge is 0.375 e. The van der Waals surface area contributed by atoms with Crippen LogP contribution < -0.4 is 5.90 Å². The van der Waals surface area contributed by atoms with E-state index in [4.69, 9.17) is 10.6 Å². The minimum atomic E-state index is -0.752. The van der Waals surface area contributed by atoms with E-state index in [2.05, 4.69) is 4.84 Å². The van der Waals surface area contributed by atoms with Crippen molar-refractivity contribution in [2.24, 2.45) is 11.3 Å². The minimum absolute atomic E-state index is 0.467. The highest BCUT2D eigenvalue weighted by atomic mass is 16.7. The molecule has 0 saturated heterocycles. The molecule has 0 atom stereocenters. The van der Waals surface area contributed by atoms with E-state index in [0.29, 0.717) is 6.61 Å². The Labute approximate surface area is 79.3 Å². The molecule has 0 aromatic heterocycles. The lowest BCUT2D eigenvalue weighted by molar-refractivity contribution is -0.174. The van der Waals surface area contributed by atoms with Gasteiger partial charge in [0.15, 0.2) is 0 Å². The van der Waals surface area contributed by atoms with Crippen LogP contribution in [0.5, 0.6) is 0 Å². The summed E-state index contributed by atoms with van der Waals surface area (Å²) >= 11 is 0. The molecule has 0 amide bonds. The molecule has 78 valence electrons. The summed E-state index contributed by atoms with van der Waals surface area (Å²) in [6.07, 6.45) is 0. The molecule has 0 aliphatic carbocycles. The fraction of sp³-hybridized carbons (Fsp3) is 0.889. The summed E-state index contributed by atoms with van der Waals surface area (Å²) in [7, 11) is 0. The van der Waals surface area contributed by atoms with Crippen molar-refractivity contribution < 1.29 is 14.4 Å². The topological polar surface area (TPSA) is 61.5 Å². The van der Waals surface area contributed by atoms with E-state index in [1.807, 2.05) is 20.8 Å². The Morgan fingerprint density at radius 2 is 1.77 bits per heavy atom. The van der Waals surface area contributed by atoms with Gasteiger partial charge in [0.1, 0.15) is 0 Å². The Morgan fingerprint density at radius 1 is 1.31 bits per heavy atom. The lowest BCUT2D eigenvalue weighted by Crippen LogP contribution is -2.48. The maximum atomic E-state index is 11.3. The second-order valence-corrected chi connectivity index (χ2v) is 3.97. The Bertz CT molecular complexity index is 187. The predicted octanol–water partition coefficient (Wildman–Crippen LogP) is 1.24. The van der Waals surface area contributed by atoms with Crippen LogP contribution in [0.3, 0.4) is 0 Å². The van der Waals surface area contributed by atoms with Crippen molar-refractivity contribution >= 4 is 5.97 Å². The molecule has 0 aromatic carbocycles. The zero-order valence-electron chi connectivity index (χ0n) is 9.01. The van der Waals surface area contributed by atoms with Crippen molar-refractivity contribution in [3.63, 3.8) is 0 Å². The zero-order chi connectivity index (χ0) is 10.7. The zero-order valence-corrected chi connectivity index (χ0v) is 9.01. The maximum absolute atomic E-state index is 11.3. The molecule has 0 rings (SSSR count). The third-order valence-electron chi connectivity index (χ3n) is 2.63. The molecule has 0 unspecified atom stereocenters. The first-order valence-electron chi connectivity index (χ1n) is 4.34. The van der Waals surface area contributed by atoms with Crippen LogP contribution in [0.4, 0.5) is 0 Å². The summed E-state index contributed by atoms with van der Waals surface area (Å²) in [5, 5.41) is 0. The monoisotopic (exact) mass is 189 g/mol. The molecule has 0 aromatic rings. The first kappa shape index (κ1) is 12.4. The van der Waals surface area contributed by atoms with Crippen LogP contribution in [0, 0.1) is 5.41 Å². The van der Waals surface area contributed by atoms with E-state index in [9.17, 15) is 4.79 Å². The van der Waals surface area contributed by atoms with Gasteiger partial charge in [0, 0.05) is 6.61 Å². The van der Waals surface area contributed by atoms with Gasteiger partial charge in [-0.1, -0.05) is 0 Å². The quantitative estimate of drug-likeness (QED) is 0.676. The van der Waals surface area contributed by atoms with Gasteiger partial charge < -0.3 is 9.57 Å². The van der Waals surface area contributed by atoms with E-state index in [1.165, 1.54) is 0 Å². The highest BCUT2D eigenvalue weighted by molar-refractivity contribution is 5.77. The molecule has 0 spiro atoms. The Hall–Kier alpha value is -0.610. The molecule has 0 radical (unpaired) electrons. The van der Waals surface area contributed by atoms with Crippen LogP contribution in [0.25, 0.3) is 0 Å². The van der Waals surface area contributed by atoms with Crippen LogP contribution in [0.2, 0.25) is 0 Å². The van der Waals surface area contributed by atoms with Crippen molar-refractivity contribution in [3.05, 3.63) is 0 Å². The average Bonchev–Trinajstić information content (AvgIpc) is 2.02. The molecule has 0 fully saturated rings. The first-order valence-corrected chi connectivity index (χ1v) is 4.34. The van der Waals surface area contributed by atoms with Crippen LogP contribution in [-0.4, -0.2) is 18.2 Å². The van der Waals surface area contributed by atoms with Gasteiger partial charge in [0.25, 0.3) is 0 Å². The van der Waals surface area contributed by atoms with Gasteiger partial charge in [-0.2, -0.15) is 5.90 Å². The lowest BCUT2D eigenvalue weighted by atomic mass is 9.77. The van der Waals surface area contributed by atoms with Gasteiger partial charge in [0.2, 0.25) is 0 Å². The normalized spacial score (nSPS) is 12.8. The molecule has 4 heteroatoms. The number of ether oxygens (including phenoxy) is 1. The summed E-state index contributed by atoms with van der Waals surface area (Å²) in [6, 6.07) is 0. The summed E-state index contributed by atoms with van der Waals surface area (Å²) in [5.74, 6) is 4.38. The summed E-state index contributed by atoms with van der Waals surface area (Å²) in [6.45, 7) is 9.61. The molecule has 0 saturated carbocycles. The lowest BCUT2D eigenvalue weighted by Gasteiger charge is -2.38. The number of hydrogen-bond donors (Lipinski definition) is 1. The Balaban J connectivity index is 4.69. The summed E-state index contributed by atoms with van der Waals surface area (Å²) < 4.78 is 5.46. The van der Waals surface area contributed by atoms with Gasteiger partial charge in [0.05, 0.1) is 11.0 Å². The number of hydrogen-bond acceptors (Lipinski definition) is 4. The number of rotatable bonds is 4. The SMILES string of the molecule is CCOC(C)(C)C(C)(C)C(=O)ON. The predicted molar refractivity (Wildman–Crippen MR) is 49.8 cm³/mol. The molecule has 0 bridgehead atoms. The molecular weight excluding hydrogens is 170 g/mol. The highest BCUT2D eigenvalue weighted by Crippen LogP contribution is 2.34. The van der Waals surface area contributed by atoms with E-state index >= 15 is 0 Å². The van der Waals surface area contributed by atoms with Crippen LogP contribution >= 0.6 is 0 Å². The fourth-order valence-electron chi connectivity index (χ4n) is 0.934. The van der Waals surface area contributed by atoms with Crippen molar-refractivity contribution in [1.29, 1.82) is 0 Å². The Kier molecular flexibility index (Phi) is 3.88. The molecule has 0 aliphatic rings. The third-order valence-corrected chi connectivity index (χ3v) is 2.63. The van der Waals surface area contributed by atoms with Crippen molar-refractivity contribution in [2.75, 3.05) is 6.61 Å². The van der Waals surface area contributed by atoms with E-state index in [-0.39, 0.29) is 0 Å². The van der Waals surface area contributed by atoms with Gasteiger partial charge in [-0.15, -0.1) is 0 Å². The van der Waals surface area contributed by atoms with Gasteiger partial charge in [-0.05, 0) is 34.6 Å². The van der Waals surface area contributed by atoms with Gasteiger partial charge in [-0.3, -0.25) is 0 Å². The van der Waals surface area contributed by atoms with Crippen LogP contribution in [-0.2, 0) is 14.4 Å². The van der Waals surface area contributed by atoms with E-state index in [0.717, 1.165) is 0 Å².